The first-order chi connectivity index (χ1) is 10.9. The van der Waals surface area contributed by atoms with Crippen molar-refractivity contribution in [3.63, 3.8) is 0 Å². The summed E-state index contributed by atoms with van der Waals surface area (Å²) in [5.41, 5.74) is 13.7. The Morgan fingerprint density at radius 2 is 1.70 bits per heavy atom. The number of hydrogen-bond acceptors (Lipinski definition) is 4. The molecule has 0 radical (unpaired) electrons. The van der Waals surface area contributed by atoms with E-state index in [9.17, 15) is 9.59 Å². The Kier molecular flexibility index (Phi) is 5.20. The van der Waals surface area contributed by atoms with Crippen molar-refractivity contribution in [1.29, 1.82) is 0 Å². The first kappa shape index (κ1) is 16.8. The van der Waals surface area contributed by atoms with Crippen LogP contribution >= 0.6 is 23.2 Å². The van der Waals surface area contributed by atoms with Gasteiger partial charge in [0.05, 0.1) is 10.7 Å². The zero-order valence-corrected chi connectivity index (χ0v) is 13.2. The molecule has 0 fully saturated rings. The third-order valence-electron chi connectivity index (χ3n) is 2.89. The van der Waals surface area contributed by atoms with E-state index in [-0.39, 0.29) is 11.3 Å². The lowest BCUT2D eigenvalue weighted by Gasteiger charge is -2.10. The summed E-state index contributed by atoms with van der Waals surface area (Å²) < 4.78 is 0. The van der Waals surface area contributed by atoms with Crippen LogP contribution in [0, 0.1) is 0 Å². The standard InChI is InChI=1S/C15H12Cl2N4O2/c16-8-5-6-12(20-21-14(18)15(19)23)10(7-8)13(22)9-3-1-2-4-11(9)17/h1-7,20H,(H2,18,21)(H2,19,23). The minimum atomic E-state index is -0.884. The number of amides is 1. The van der Waals surface area contributed by atoms with Crippen molar-refractivity contribution in [3.05, 3.63) is 63.6 Å². The maximum Gasteiger partial charge on any atom is 0.285 e. The largest absolute Gasteiger partial charge is 0.378 e. The van der Waals surface area contributed by atoms with Crippen molar-refractivity contribution in [2.24, 2.45) is 16.6 Å². The van der Waals surface area contributed by atoms with Gasteiger partial charge in [-0.2, -0.15) is 5.10 Å². The van der Waals surface area contributed by atoms with Gasteiger partial charge in [-0.15, -0.1) is 0 Å². The number of anilines is 1. The van der Waals surface area contributed by atoms with Crippen LogP contribution in [0.2, 0.25) is 10.0 Å². The second-order valence-corrected chi connectivity index (χ2v) is 5.32. The van der Waals surface area contributed by atoms with Gasteiger partial charge >= 0.3 is 0 Å². The quantitative estimate of drug-likeness (QED) is 0.340. The van der Waals surface area contributed by atoms with E-state index in [1.54, 1.807) is 30.3 Å². The number of ketones is 1. The fourth-order valence-corrected chi connectivity index (χ4v) is 2.16. The van der Waals surface area contributed by atoms with E-state index in [1.165, 1.54) is 12.1 Å². The molecule has 0 saturated carbocycles. The molecule has 0 atom stereocenters. The number of carbonyl (C=O) groups is 2. The highest BCUT2D eigenvalue weighted by atomic mass is 35.5. The molecular formula is C15H12Cl2N4O2. The Hall–Kier alpha value is -2.57. The van der Waals surface area contributed by atoms with E-state index in [2.05, 4.69) is 10.5 Å². The molecule has 0 aliphatic rings. The third-order valence-corrected chi connectivity index (χ3v) is 3.46. The molecule has 23 heavy (non-hydrogen) atoms. The second kappa shape index (κ2) is 7.13. The molecule has 0 spiro atoms. The molecule has 0 aliphatic heterocycles. The first-order valence-corrected chi connectivity index (χ1v) is 7.13. The molecule has 1 amide bonds. The molecule has 0 unspecified atom stereocenters. The molecule has 2 aromatic rings. The van der Waals surface area contributed by atoms with Gasteiger partial charge in [0.1, 0.15) is 0 Å². The number of nitrogens with two attached hydrogens (primary N) is 2. The summed E-state index contributed by atoms with van der Waals surface area (Å²) in [7, 11) is 0. The van der Waals surface area contributed by atoms with Crippen molar-refractivity contribution < 1.29 is 9.59 Å². The number of nitrogens with one attached hydrogen (secondary N) is 1. The molecule has 8 heteroatoms. The Morgan fingerprint density at radius 1 is 1.00 bits per heavy atom. The van der Waals surface area contributed by atoms with Crippen molar-refractivity contribution in [3.8, 4) is 0 Å². The van der Waals surface area contributed by atoms with Crippen molar-refractivity contribution in [2.45, 2.75) is 0 Å². The summed E-state index contributed by atoms with van der Waals surface area (Å²) in [6.45, 7) is 0. The average Bonchev–Trinajstić information content (AvgIpc) is 2.53. The highest BCUT2D eigenvalue weighted by Gasteiger charge is 2.17. The zero-order valence-electron chi connectivity index (χ0n) is 11.7. The summed E-state index contributed by atoms with van der Waals surface area (Å²) in [4.78, 5) is 23.5. The molecule has 0 saturated heterocycles. The normalized spacial score (nSPS) is 11.1. The fourth-order valence-electron chi connectivity index (χ4n) is 1.77. The lowest BCUT2D eigenvalue weighted by Crippen LogP contribution is -2.31. The number of primary amides is 1. The van der Waals surface area contributed by atoms with E-state index in [0.29, 0.717) is 21.3 Å². The molecule has 6 nitrogen and oxygen atoms in total. The molecule has 0 bridgehead atoms. The van der Waals surface area contributed by atoms with E-state index < -0.39 is 11.7 Å². The van der Waals surface area contributed by atoms with E-state index in [4.69, 9.17) is 34.7 Å². The van der Waals surface area contributed by atoms with Gasteiger partial charge in [-0.25, -0.2) is 0 Å². The van der Waals surface area contributed by atoms with E-state index >= 15 is 0 Å². The minimum absolute atomic E-state index is 0.228. The second-order valence-electron chi connectivity index (χ2n) is 4.47. The molecular weight excluding hydrogens is 339 g/mol. The number of hydrogen-bond donors (Lipinski definition) is 3. The number of benzene rings is 2. The highest BCUT2D eigenvalue weighted by molar-refractivity contribution is 6.37. The first-order valence-electron chi connectivity index (χ1n) is 6.38. The van der Waals surface area contributed by atoms with Crippen LogP contribution in [0.4, 0.5) is 5.69 Å². The molecule has 0 aromatic heterocycles. The molecule has 0 aliphatic carbocycles. The third kappa shape index (κ3) is 4.00. The Morgan fingerprint density at radius 3 is 2.35 bits per heavy atom. The number of nitrogens with zero attached hydrogens (tertiary/aromatic N) is 1. The molecule has 2 aromatic carbocycles. The predicted molar refractivity (Wildman–Crippen MR) is 90.8 cm³/mol. The van der Waals surface area contributed by atoms with Crippen LogP contribution in [0.5, 0.6) is 0 Å². The van der Waals surface area contributed by atoms with Crippen LogP contribution in [-0.2, 0) is 4.79 Å². The summed E-state index contributed by atoms with van der Waals surface area (Å²) in [6, 6.07) is 11.2. The Balaban J connectivity index is 2.44. The number of rotatable bonds is 4. The van der Waals surface area contributed by atoms with Crippen LogP contribution in [0.25, 0.3) is 0 Å². The van der Waals surface area contributed by atoms with Gasteiger partial charge in [-0.05, 0) is 30.3 Å². The summed E-state index contributed by atoms with van der Waals surface area (Å²) >= 11 is 12.0. The Bertz CT molecular complexity index is 806. The minimum Gasteiger partial charge on any atom is -0.378 e. The SMILES string of the molecule is NC(=O)/C(N)=N/Nc1ccc(Cl)cc1C(=O)c1ccccc1Cl. The van der Waals surface area contributed by atoms with E-state index in [0.717, 1.165) is 0 Å². The number of amidine groups is 1. The lowest BCUT2D eigenvalue weighted by atomic mass is 10.0. The van der Waals surface area contributed by atoms with Gasteiger partial charge in [0.2, 0.25) is 5.84 Å². The molecule has 2 rings (SSSR count). The number of carbonyl (C=O) groups excluding carboxylic acids is 2. The van der Waals surface area contributed by atoms with Gasteiger partial charge in [0.15, 0.2) is 5.78 Å². The van der Waals surface area contributed by atoms with Crippen molar-refractivity contribution in [1.82, 2.24) is 0 Å². The van der Waals surface area contributed by atoms with Crippen LogP contribution in [-0.4, -0.2) is 17.5 Å². The topological polar surface area (TPSA) is 111 Å². The highest BCUT2D eigenvalue weighted by Crippen LogP contribution is 2.26. The summed E-state index contributed by atoms with van der Waals surface area (Å²) in [5, 5.41) is 4.29. The lowest BCUT2D eigenvalue weighted by molar-refractivity contribution is -0.112. The zero-order chi connectivity index (χ0) is 17.0. The number of hydrazone groups is 1. The summed E-state index contributed by atoms with van der Waals surface area (Å²) in [5.74, 6) is -1.66. The van der Waals surface area contributed by atoms with Crippen LogP contribution in [0.1, 0.15) is 15.9 Å². The van der Waals surface area contributed by atoms with Gasteiger partial charge in [-0.1, -0.05) is 35.3 Å². The van der Waals surface area contributed by atoms with Crippen molar-refractivity contribution >= 4 is 46.4 Å². The van der Waals surface area contributed by atoms with Crippen LogP contribution in [0.15, 0.2) is 47.6 Å². The monoisotopic (exact) mass is 350 g/mol. The van der Waals surface area contributed by atoms with Crippen LogP contribution < -0.4 is 16.9 Å². The van der Waals surface area contributed by atoms with Crippen molar-refractivity contribution in [2.75, 3.05) is 5.43 Å². The molecule has 5 N–H and O–H groups in total. The molecule has 0 heterocycles. The van der Waals surface area contributed by atoms with Gasteiger partial charge in [0.25, 0.3) is 5.91 Å². The number of halogens is 2. The van der Waals surface area contributed by atoms with E-state index in [1.807, 2.05) is 0 Å². The molecule has 118 valence electrons. The Labute approximate surface area is 142 Å². The van der Waals surface area contributed by atoms with Gasteiger partial charge in [-0.3, -0.25) is 15.0 Å². The fraction of sp³-hybridized carbons (Fsp3) is 0. The maximum atomic E-state index is 12.7. The summed E-state index contributed by atoms with van der Waals surface area (Å²) in [6.07, 6.45) is 0. The predicted octanol–water partition coefficient (Wildman–Crippen LogP) is 2.39. The van der Waals surface area contributed by atoms with Gasteiger partial charge < -0.3 is 11.5 Å². The van der Waals surface area contributed by atoms with Gasteiger partial charge in [0, 0.05) is 16.1 Å². The smallest absolute Gasteiger partial charge is 0.285 e. The maximum absolute atomic E-state index is 12.7. The van der Waals surface area contributed by atoms with Crippen LogP contribution in [0.3, 0.4) is 0 Å². The average molecular weight is 351 g/mol.